The second-order valence-corrected chi connectivity index (χ2v) is 2.84. The summed E-state index contributed by atoms with van der Waals surface area (Å²) in [7, 11) is 0. The standard InChI is InChI=1S/C7H8.C3H4N2O2.2C2H6/c1-7-5-3-2-4-6-7;1-2-4-3(6)7-5-2;2*1-2/h2-6H,1H3;1H3,(H,4,5,6);2*1-2H3. The van der Waals surface area contributed by atoms with Crippen LogP contribution in [0.4, 0.5) is 0 Å². The lowest BCUT2D eigenvalue weighted by atomic mass is 10.2. The van der Waals surface area contributed by atoms with E-state index in [-0.39, 0.29) is 0 Å². The maximum atomic E-state index is 10.0. The molecule has 0 aliphatic rings. The predicted octanol–water partition coefficient (Wildman–Crippen LogP) is 3.72. The Morgan fingerprint density at radius 1 is 1.00 bits per heavy atom. The van der Waals surface area contributed by atoms with Crippen LogP contribution in [0.3, 0.4) is 0 Å². The summed E-state index contributed by atoms with van der Waals surface area (Å²) in [5.41, 5.74) is 1.32. The molecule has 4 nitrogen and oxygen atoms in total. The summed E-state index contributed by atoms with van der Waals surface area (Å²) in [6.07, 6.45) is 0. The van der Waals surface area contributed by atoms with E-state index in [1.807, 2.05) is 45.9 Å². The molecule has 0 unspecified atom stereocenters. The fourth-order valence-electron chi connectivity index (χ4n) is 0.838. The van der Waals surface area contributed by atoms with Crippen molar-refractivity contribution in [1.29, 1.82) is 0 Å². The van der Waals surface area contributed by atoms with Crippen LogP contribution in [-0.2, 0) is 0 Å². The molecule has 1 aromatic heterocycles. The first-order valence-electron chi connectivity index (χ1n) is 6.23. The number of hydrogen-bond donors (Lipinski definition) is 1. The first kappa shape index (κ1) is 18.5. The van der Waals surface area contributed by atoms with Gasteiger partial charge in [0.2, 0.25) is 0 Å². The van der Waals surface area contributed by atoms with E-state index in [0.717, 1.165) is 0 Å². The lowest BCUT2D eigenvalue weighted by molar-refractivity contribution is 0.383. The maximum Gasteiger partial charge on any atom is 0.438 e. The molecule has 0 aliphatic heterocycles. The minimum absolute atomic E-state index is 0.502. The van der Waals surface area contributed by atoms with Gasteiger partial charge in [0, 0.05) is 0 Å². The Morgan fingerprint density at radius 3 is 1.67 bits per heavy atom. The van der Waals surface area contributed by atoms with Crippen LogP contribution in [0.1, 0.15) is 39.1 Å². The lowest BCUT2D eigenvalue weighted by Gasteiger charge is -1.82. The van der Waals surface area contributed by atoms with Crippen LogP contribution < -0.4 is 5.76 Å². The van der Waals surface area contributed by atoms with E-state index >= 15 is 0 Å². The summed E-state index contributed by atoms with van der Waals surface area (Å²) < 4.78 is 4.10. The maximum absolute atomic E-state index is 10.0. The Kier molecular flexibility index (Phi) is 13.6. The van der Waals surface area contributed by atoms with Crippen molar-refractivity contribution < 1.29 is 4.52 Å². The smallest absolute Gasteiger partial charge is 0.296 e. The van der Waals surface area contributed by atoms with Crippen molar-refractivity contribution in [2.45, 2.75) is 41.5 Å². The summed E-state index contributed by atoms with van der Waals surface area (Å²) in [5, 5.41) is 3.27. The molecule has 102 valence electrons. The van der Waals surface area contributed by atoms with Crippen molar-refractivity contribution in [3.05, 3.63) is 52.3 Å². The zero-order chi connectivity index (χ0) is 14.4. The van der Waals surface area contributed by atoms with Crippen molar-refractivity contribution in [2.24, 2.45) is 0 Å². The predicted molar refractivity (Wildman–Crippen MR) is 75.7 cm³/mol. The average Bonchev–Trinajstić information content (AvgIpc) is 2.80. The molecule has 1 heterocycles. The van der Waals surface area contributed by atoms with E-state index < -0.39 is 5.76 Å². The van der Waals surface area contributed by atoms with Crippen molar-refractivity contribution in [3.63, 3.8) is 0 Å². The molecule has 1 aromatic carbocycles. The Hall–Kier alpha value is -1.84. The number of aryl methyl sites for hydroxylation is 2. The molecule has 0 bridgehead atoms. The van der Waals surface area contributed by atoms with Gasteiger partial charge in [0.25, 0.3) is 0 Å². The van der Waals surface area contributed by atoms with Crippen LogP contribution in [0.2, 0.25) is 0 Å². The molecule has 0 radical (unpaired) electrons. The molecule has 0 atom stereocenters. The third-order valence-corrected chi connectivity index (χ3v) is 1.49. The quantitative estimate of drug-likeness (QED) is 0.777. The molecule has 0 saturated heterocycles. The molecule has 1 N–H and O–H groups in total. The highest BCUT2D eigenvalue weighted by molar-refractivity contribution is 5.11. The highest BCUT2D eigenvalue weighted by Gasteiger charge is 1.86. The Balaban J connectivity index is 0. The first-order chi connectivity index (χ1) is 8.68. The molecule has 0 saturated carbocycles. The van der Waals surface area contributed by atoms with Crippen LogP contribution in [0, 0.1) is 13.8 Å². The summed E-state index contributed by atoms with van der Waals surface area (Å²) in [6.45, 7) is 11.7. The zero-order valence-electron chi connectivity index (χ0n) is 12.2. The number of hydrogen-bond acceptors (Lipinski definition) is 3. The van der Waals surface area contributed by atoms with Gasteiger partial charge in [-0.2, -0.15) is 0 Å². The first-order valence-corrected chi connectivity index (χ1v) is 6.23. The molecular weight excluding hydrogens is 228 g/mol. The molecule has 0 spiro atoms. The van der Waals surface area contributed by atoms with Crippen LogP contribution in [-0.4, -0.2) is 10.1 Å². The molecule has 0 fully saturated rings. The van der Waals surface area contributed by atoms with E-state index in [4.69, 9.17) is 0 Å². The number of rotatable bonds is 0. The minimum Gasteiger partial charge on any atom is -0.296 e. The van der Waals surface area contributed by atoms with Gasteiger partial charge in [0.1, 0.15) is 5.82 Å². The topological polar surface area (TPSA) is 58.9 Å². The third-order valence-electron chi connectivity index (χ3n) is 1.49. The van der Waals surface area contributed by atoms with Gasteiger partial charge < -0.3 is 0 Å². The number of nitrogens with zero attached hydrogens (tertiary/aromatic N) is 1. The molecule has 2 aromatic rings. The Morgan fingerprint density at radius 2 is 1.50 bits per heavy atom. The van der Waals surface area contributed by atoms with Gasteiger partial charge in [-0.05, 0) is 13.8 Å². The van der Waals surface area contributed by atoms with Gasteiger partial charge in [-0.1, -0.05) is 68.7 Å². The molecule has 2 rings (SSSR count). The van der Waals surface area contributed by atoms with E-state index in [2.05, 4.69) is 33.7 Å². The monoisotopic (exact) mass is 252 g/mol. The third kappa shape index (κ3) is 10.7. The number of aromatic nitrogens is 2. The average molecular weight is 252 g/mol. The molecule has 18 heavy (non-hydrogen) atoms. The number of nitrogens with one attached hydrogen (secondary N) is 1. The SMILES string of the molecule is CC.CC.Cc1ccccc1.Cc1noc(=O)[nH]1. The van der Waals surface area contributed by atoms with Crippen LogP contribution in [0.15, 0.2) is 39.6 Å². The van der Waals surface area contributed by atoms with Crippen molar-refractivity contribution >= 4 is 0 Å². The normalized spacial score (nSPS) is 7.67. The second-order valence-electron chi connectivity index (χ2n) is 2.84. The summed E-state index contributed by atoms with van der Waals surface area (Å²) in [6, 6.07) is 10.3. The van der Waals surface area contributed by atoms with Gasteiger partial charge in [-0.25, -0.2) is 4.79 Å². The van der Waals surface area contributed by atoms with E-state index in [1.165, 1.54) is 5.56 Å². The molecule has 0 amide bonds. The number of benzene rings is 1. The Labute approximate surface area is 109 Å². The number of H-pyrrole nitrogens is 1. The lowest BCUT2D eigenvalue weighted by Crippen LogP contribution is -1.93. The largest absolute Gasteiger partial charge is 0.438 e. The van der Waals surface area contributed by atoms with E-state index in [9.17, 15) is 4.79 Å². The minimum atomic E-state index is -0.502. The van der Waals surface area contributed by atoms with Gasteiger partial charge in [0.05, 0.1) is 0 Å². The highest BCUT2D eigenvalue weighted by Crippen LogP contribution is 1.92. The van der Waals surface area contributed by atoms with Crippen molar-refractivity contribution in [3.8, 4) is 0 Å². The van der Waals surface area contributed by atoms with Gasteiger partial charge in [-0.3, -0.25) is 9.51 Å². The highest BCUT2D eigenvalue weighted by atomic mass is 16.5. The summed E-state index contributed by atoms with van der Waals surface area (Å²) in [5.74, 6) is 0.00231. The second kappa shape index (κ2) is 13.2. The zero-order valence-corrected chi connectivity index (χ0v) is 12.2. The van der Waals surface area contributed by atoms with Crippen LogP contribution in [0.25, 0.3) is 0 Å². The van der Waals surface area contributed by atoms with E-state index in [1.54, 1.807) is 6.92 Å². The van der Waals surface area contributed by atoms with E-state index in [0.29, 0.717) is 5.82 Å². The summed E-state index contributed by atoms with van der Waals surface area (Å²) in [4.78, 5) is 12.3. The van der Waals surface area contributed by atoms with Crippen molar-refractivity contribution in [2.75, 3.05) is 0 Å². The molecule has 4 heteroatoms. The fraction of sp³-hybridized carbons (Fsp3) is 0.429. The van der Waals surface area contributed by atoms with Crippen molar-refractivity contribution in [1.82, 2.24) is 10.1 Å². The van der Waals surface area contributed by atoms with Crippen LogP contribution in [0.5, 0.6) is 0 Å². The van der Waals surface area contributed by atoms with Gasteiger partial charge in [-0.15, -0.1) is 0 Å². The molecular formula is C14H24N2O2. The van der Waals surface area contributed by atoms with Gasteiger partial charge >= 0.3 is 5.76 Å². The fourth-order valence-corrected chi connectivity index (χ4v) is 0.838. The Bertz CT molecular complexity index is 419. The molecule has 0 aliphatic carbocycles. The van der Waals surface area contributed by atoms with Crippen LogP contribution >= 0.6 is 0 Å². The summed E-state index contributed by atoms with van der Waals surface area (Å²) >= 11 is 0. The van der Waals surface area contributed by atoms with Gasteiger partial charge in [0.15, 0.2) is 0 Å². The number of aromatic amines is 1.